The van der Waals surface area contributed by atoms with E-state index in [2.05, 4.69) is 35.7 Å². The molecule has 6 aromatic rings. The van der Waals surface area contributed by atoms with E-state index in [1.54, 1.807) is 49.1 Å². The Morgan fingerprint density at radius 3 is 2.36 bits per heavy atom. The van der Waals surface area contributed by atoms with Gasteiger partial charge in [0.15, 0.2) is 17.9 Å². The third-order valence-corrected chi connectivity index (χ3v) is 9.38. The molecular weight excluding hydrogens is 717 g/mol. The molecule has 0 radical (unpaired) electrons. The van der Waals surface area contributed by atoms with Crippen molar-refractivity contribution in [3.63, 3.8) is 0 Å². The van der Waals surface area contributed by atoms with Gasteiger partial charge >= 0.3 is 6.09 Å². The van der Waals surface area contributed by atoms with Crippen LogP contribution in [0.3, 0.4) is 0 Å². The summed E-state index contributed by atoms with van der Waals surface area (Å²) in [5.74, 6) is -0.371. The number of aryl methyl sites for hydroxylation is 3. The van der Waals surface area contributed by atoms with Crippen LogP contribution in [-0.4, -0.2) is 64.8 Å². The van der Waals surface area contributed by atoms with Crippen molar-refractivity contribution in [2.24, 2.45) is 5.73 Å². The second-order valence-electron chi connectivity index (χ2n) is 13.5. The van der Waals surface area contributed by atoms with Gasteiger partial charge in [-0.3, -0.25) is 9.59 Å². The molecule has 16 nitrogen and oxygen atoms in total. The number of hydrogen-bond donors (Lipinski definition) is 6. The second kappa shape index (κ2) is 17.9. The first-order valence-corrected chi connectivity index (χ1v) is 18.1. The molecule has 0 saturated heterocycles. The number of H-pyrrole nitrogens is 1. The Hall–Kier alpha value is -6.97. The zero-order chi connectivity index (χ0) is 39.6. The highest BCUT2D eigenvalue weighted by molar-refractivity contribution is 5.90. The number of phenols is 1. The quantitative estimate of drug-likeness (QED) is 0.0769. The Morgan fingerprint density at radius 1 is 0.964 bits per heavy atom. The predicted molar refractivity (Wildman–Crippen MR) is 206 cm³/mol. The summed E-state index contributed by atoms with van der Waals surface area (Å²) in [4.78, 5) is 55.9. The van der Waals surface area contributed by atoms with Crippen LogP contribution in [0.2, 0.25) is 0 Å². The van der Waals surface area contributed by atoms with Crippen molar-refractivity contribution in [2.75, 3.05) is 5.73 Å². The second-order valence-corrected chi connectivity index (χ2v) is 13.5. The standard InChI is InChI=1S/C40H44N10O6/c1-24-17-30(51)18-25(2)31(24)21-32(46-37(53)34(55-40(42)54)9-6-15-50-16-14-44-39(50)41)36(52)47-33(20-29-22-43-23-45-29)38-48-35(49-56-38)19-26-10-12-28(13-11-26)27-7-4-3-5-8-27/h3-5,7-8,10-14,16-18,22-23,32-34,51H,6,9,15,19-21H2,1-2H3,(H2,41,44)(H2,42,54)(H,43,45)(H,46,53)(H,47,52). The predicted octanol–water partition coefficient (Wildman–Crippen LogP) is 4.22. The summed E-state index contributed by atoms with van der Waals surface area (Å²) in [6.07, 6.45) is 5.06. The summed E-state index contributed by atoms with van der Waals surface area (Å²) in [5, 5.41) is 20.2. The molecule has 0 aliphatic carbocycles. The van der Waals surface area contributed by atoms with Crippen LogP contribution in [0, 0.1) is 13.8 Å². The fourth-order valence-electron chi connectivity index (χ4n) is 6.52. The summed E-state index contributed by atoms with van der Waals surface area (Å²) in [7, 11) is 0. The topological polar surface area (TPSA) is 242 Å². The Morgan fingerprint density at radius 2 is 1.70 bits per heavy atom. The first kappa shape index (κ1) is 38.7. The van der Waals surface area contributed by atoms with Crippen molar-refractivity contribution in [3.8, 4) is 16.9 Å². The van der Waals surface area contributed by atoms with E-state index in [0.717, 1.165) is 22.3 Å². The number of aromatic nitrogens is 6. The van der Waals surface area contributed by atoms with Gasteiger partial charge in [0, 0.05) is 44.4 Å². The molecule has 0 aliphatic rings. The van der Waals surface area contributed by atoms with Crippen molar-refractivity contribution < 1.29 is 28.8 Å². The number of nitrogens with one attached hydrogen (secondary N) is 3. The van der Waals surface area contributed by atoms with Crippen LogP contribution in [0.1, 0.15) is 58.5 Å². The number of hydrogen-bond acceptors (Lipinski definition) is 11. The van der Waals surface area contributed by atoms with Crippen LogP contribution in [0.4, 0.5) is 10.7 Å². The van der Waals surface area contributed by atoms with Crippen LogP contribution in [0.5, 0.6) is 5.75 Å². The van der Waals surface area contributed by atoms with E-state index >= 15 is 0 Å². The average molecular weight is 761 g/mol. The number of nitrogens with two attached hydrogens (primary N) is 2. The lowest BCUT2D eigenvalue weighted by Crippen LogP contribution is -2.52. The summed E-state index contributed by atoms with van der Waals surface area (Å²) < 4.78 is 12.6. The number of benzene rings is 3. The lowest BCUT2D eigenvalue weighted by molar-refractivity contribution is -0.134. The highest BCUT2D eigenvalue weighted by Gasteiger charge is 2.32. The molecule has 8 N–H and O–H groups in total. The van der Waals surface area contributed by atoms with E-state index in [9.17, 15) is 19.5 Å². The number of ether oxygens (including phenoxy) is 1. The maximum atomic E-state index is 14.3. The third-order valence-electron chi connectivity index (χ3n) is 9.38. The average Bonchev–Trinajstić information content (AvgIpc) is 3.96. The number of aromatic hydroxyl groups is 1. The van der Waals surface area contributed by atoms with Crippen LogP contribution >= 0.6 is 0 Å². The maximum Gasteiger partial charge on any atom is 0.405 e. The molecular formula is C40H44N10O6. The fourth-order valence-corrected chi connectivity index (χ4v) is 6.52. The minimum Gasteiger partial charge on any atom is -0.508 e. The number of rotatable bonds is 17. The minimum atomic E-state index is -1.31. The SMILES string of the molecule is Cc1cc(O)cc(C)c1CC(NC(=O)C(CCCn1ccnc1N)OC(N)=O)C(=O)NC(Cc1c[nH]cn1)c1nc(Cc2ccc(-c3ccccc3)cc2)no1. The number of imidazole rings is 2. The lowest BCUT2D eigenvalue weighted by atomic mass is 9.95. The number of nitrogens with zero attached hydrogens (tertiary/aromatic N) is 5. The molecule has 3 amide bonds. The van der Waals surface area contributed by atoms with Gasteiger partial charge in [-0.05, 0) is 72.2 Å². The lowest BCUT2D eigenvalue weighted by Gasteiger charge is -2.25. The van der Waals surface area contributed by atoms with Gasteiger partial charge in [-0.25, -0.2) is 14.8 Å². The summed E-state index contributed by atoms with van der Waals surface area (Å²) in [5.41, 5.74) is 17.2. The van der Waals surface area contributed by atoms with Crippen LogP contribution in [0.25, 0.3) is 11.1 Å². The Labute approximate surface area is 322 Å². The monoisotopic (exact) mass is 760 g/mol. The molecule has 3 heterocycles. The van der Waals surface area contributed by atoms with E-state index in [1.807, 2.05) is 54.6 Å². The number of amides is 3. The van der Waals surface area contributed by atoms with Crippen LogP contribution in [-0.2, 0) is 40.1 Å². The molecule has 0 spiro atoms. The zero-order valence-electron chi connectivity index (χ0n) is 31.0. The molecule has 3 aromatic heterocycles. The van der Waals surface area contributed by atoms with Gasteiger partial charge in [0.25, 0.3) is 5.91 Å². The molecule has 56 heavy (non-hydrogen) atoms. The molecule has 3 aromatic carbocycles. The third kappa shape index (κ3) is 10.2. The van der Waals surface area contributed by atoms with Crippen molar-refractivity contribution in [3.05, 3.63) is 131 Å². The van der Waals surface area contributed by atoms with Crippen molar-refractivity contribution >= 4 is 23.9 Å². The largest absolute Gasteiger partial charge is 0.508 e. The molecule has 0 bridgehead atoms. The molecule has 16 heteroatoms. The van der Waals surface area contributed by atoms with E-state index < -0.39 is 36.1 Å². The number of primary amides is 1. The minimum absolute atomic E-state index is 0.0353. The molecule has 0 saturated carbocycles. The van der Waals surface area contributed by atoms with Gasteiger partial charge in [-0.15, -0.1) is 0 Å². The molecule has 6 rings (SSSR count). The number of carbonyl (C=O) groups excluding carboxylic acids is 3. The Bertz CT molecular complexity index is 2210. The highest BCUT2D eigenvalue weighted by Crippen LogP contribution is 2.24. The highest BCUT2D eigenvalue weighted by atomic mass is 16.6. The Kier molecular flexibility index (Phi) is 12.4. The van der Waals surface area contributed by atoms with Crippen LogP contribution < -0.4 is 22.1 Å². The number of carbonyl (C=O) groups is 3. The first-order valence-electron chi connectivity index (χ1n) is 18.1. The zero-order valence-corrected chi connectivity index (χ0v) is 31.0. The number of anilines is 1. The van der Waals surface area contributed by atoms with Gasteiger partial charge in [-0.1, -0.05) is 59.8 Å². The summed E-state index contributed by atoms with van der Waals surface area (Å²) >= 11 is 0. The summed E-state index contributed by atoms with van der Waals surface area (Å²) in [6, 6.07) is 19.3. The maximum absolute atomic E-state index is 14.3. The smallest absolute Gasteiger partial charge is 0.405 e. The van der Waals surface area contributed by atoms with Gasteiger partial charge in [-0.2, -0.15) is 4.98 Å². The molecule has 0 aliphatic heterocycles. The normalized spacial score (nSPS) is 12.8. The molecule has 0 fully saturated rings. The van der Waals surface area contributed by atoms with E-state index in [0.29, 0.717) is 48.0 Å². The van der Waals surface area contributed by atoms with Gasteiger partial charge in [0.2, 0.25) is 11.8 Å². The number of phenolic OH excluding ortho intramolecular Hbond substituents is 1. The number of nitrogen functional groups attached to an aromatic ring is 1. The van der Waals surface area contributed by atoms with Crippen LogP contribution in [0.15, 0.2) is 96.2 Å². The first-order chi connectivity index (χ1) is 27.0. The Balaban J connectivity index is 1.22. The van der Waals surface area contributed by atoms with Crippen molar-refractivity contribution in [1.82, 2.24) is 40.3 Å². The van der Waals surface area contributed by atoms with Gasteiger partial charge in [0.1, 0.15) is 17.8 Å². The molecule has 3 unspecified atom stereocenters. The van der Waals surface area contributed by atoms with Gasteiger partial charge in [0.05, 0.1) is 12.0 Å². The van der Waals surface area contributed by atoms with E-state index in [-0.39, 0.29) is 30.9 Å². The van der Waals surface area contributed by atoms with Gasteiger partial charge < -0.3 is 46.0 Å². The fraction of sp³-hybridized carbons (Fsp3) is 0.275. The number of aromatic amines is 1. The van der Waals surface area contributed by atoms with Crippen molar-refractivity contribution in [2.45, 2.75) is 70.7 Å². The molecule has 290 valence electrons. The van der Waals surface area contributed by atoms with Crippen molar-refractivity contribution in [1.29, 1.82) is 0 Å². The van der Waals surface area contributed by atoms with E-state index in [4.69, 9.17) is 20.7 Å². The molecule has 3 atom stereocenters. The summed E-state index contributed by atoms with van der Waals surface area (Å²) in [6.45, 7) is 4.00. The van der Waals surface area contributed by atoms with E-state index in [1.165, 1.54) is 6.33 Å².